The van der Waals surface area contributed by atoms with E-state index in [1.807, 2.05) is 0 Å². The van der Waals surface area contributed by atoms with Crippen molar-refractivity contribution < 1.29 is 39.6 Å². The third-order valence-corrected chi connectivity index (χ3v) is 5.10. The van der Waals surface area contributed by atoms with Gasteiger partial charge >= 0.3 is 23.9 Å². The molecule has 1 aliphatic rings. The number of nitrogens with one attached hydrogen (secondary N) is 1. The molecular formula is C21H23NO8. The third kappa shape index (κ3) is 4.86. The summed E-state index contributed by atoms with van der Waals surface area (Å²) in [5, 5.41) is 40.9. The van der Waals surface area contributed by atoms with Gasteiger partial charge in [0.15, 0.2) is 0 Å². The summed E-state index contributed by atoms with van der Waals surface area (Å²) in [7, 11) is 0. The minimum absolute atomic E-state index is 0.202. The van der Waals surface area contributed by atoms with Gasteiger partial charge in [-0.2, -0.15) is 0 Å². The van der Waals surface area contributed by atoms with Gasteiger partial charge in [-0.05, 0) is 30.6 Å². The zero-order chi connectivity index (χ0) is 22.6. The van der Waals surface area contributed by atoms with Crippen molar-refractivity contribution in [3.63, 3.8) is 0 Å². The molecule has 9 heteroatoms. The highest BCUT2D eigenvalue weighted by Crippen LogP contribution is 2.46. The van der Waals surface area contributed by atoms with Crippen LogP contribution in [-0.4, -0.2) is 44.3 Å². The summed E-state index contributed by atoms with van der Waals surface area (Å²) in [6, 6.07) is 8.47. The summed E-state index contributed by atoms with van der Waals surface area (Å²) in [6.07, 6.45) is -1.40. The summed E-state index contributed by atoms with van der Waals surface area (Å²) in [4.78, 5) is 46.6. The lowest BCUT2D eigenvalue weighted by molar-refractivity contribution is -0.147. The van der Waals surface area contributed by atoms with E-state index < -0.39 is 54.5 Å². The Hall–Kier alpha value is -3.62. The molecule has 0 bridgehead atoms. The molecule has 1 aliphatic heterocycles. The number of hydrogen-bond donors (Lipinski definition) is 5. The maximum Gasteiger partial charge on any atom is 0.311 e. The van der Waals surface area contributed by atoms with E-state index in [0.717, 1.165) is 0 Å². The highest BCUT2D eigenvalue weighted by atomic mass is 16.4. The van der Waals surface area contributed by atoms with E-state index in [9.17, 15) is 39.6 Å². The Morgan fingerprint density at radius 1 is 0.800 bits per heavy atom. The Bertz CT molecular complexity index is 876. The number of allylic oxidation sites excluding steroid dienone is 2. The van der Waals surface area contributed by atoms with E-state index in [-0.39, 0.29) is 11.1 Å². The van der Waals surface area contributed by atoms with Crippen molar-refractivity contribution in [1.29, 1.82) is 0 Å². The Labute approximate surface area is 172 Å². The highest BCUT2D eigenvalue weighted by Gasteiger charge is 2.42. The predicted octanol–water partition coefficient (Wildman–Crippen LogP) is 2.27. The second-order valence-corrected chi connectivity index (χ2v) is 7.11. The second kappa shape index (κ2) is 9.25. The van der Waals surface area contributed by atoms with E-state index in [1.54, 1.807) is 44.2 Å². The van der Waals surface area contributed by atoms with Crippen LogP contribution < -0.4 is 5.32 Å². The maximum absolute atomic E-state index is 12.0. The van der Waals surface area contributed by atoms with Crippen LogP contribution in [0, 0.1) is 11.8 Å². The molecule has 0 aromatic heterocycles. The van der Waals surface area contributed by atoms with E-state index in [1.165, 1.54) is 0 Å². The molecule has 2 rings (SSSR count). The first-order chi connectivity index (χ1) is 14.0. The molecule has 0 spiro atoms. The Morgan fingerprint density at radius 2 is 1.20 bits per heavy atom. The van der Waals surface area contributed by atoms with Crippen LogP contribution in [0.5, 0.6) is 0 Å². The molecule has 2 unspecified atom stereocenters. The van der Waals surface area contributed by atoms with Crippen LogP contribution in [0.1, 0.15) is 38.2 Å². The van der Waals surface area contributed by atoms with Gasteiger partial charge in [-0.15, -0.1) is 0 Å². The van der Waals surface area contributed by atoms with E-state index in [2.05, 4.69) is 5.32 Å². The van der Waals surface area contributed by atoms with Crippen molar-refractivity contribution in [3.05, 3.63) is 58.4 Å². The molecule has 9 nitrogen and oxygen atoms in total. The number of carbonyl (C=O) groups is 4. The fraction of sp³-hybridized carbons (Fsp3) is 0.333. The lowest BCUT2D eigenvalue weighted by atomic mass is 9.70. The van der Waals surface area contributed by atoms with Crippen molar-refractivity contribution in [2.75, 3.05) is 0 Å². The van der Waals surface area contributed by atoms with Crippen LogP contribution >= 0.6 is 0 Å². The number of carboxylic acid groups (broad SMARTS) is 4. The van der Waals surface area contributed by atoms with Gasteiger partial charge in [0.05, 0.1) is 24.7 Å². The van der Waals surface area contributed by atoms with Crippen LogP contribution in [0.2, 0.25) is 0 Å². The standard InChI is InChI=1S/C21H23NO8/c1-10-17(13(20(27)28)8-15(23)24)19(12-6-4-3-5-7-12)18(11(2)22-10)14(21(29)30)9-16(25)26/h3-7,13-14,19,22H,8-9H2,1-2H3,(H,23,24)(H,25,26)(H,27,28)(H,29,30). The van der Waals surface area contributed by atoms with Gasteiger partial charge in [-0.3, -0.25) is 19.2 Å². The van der Waals surface area contributed by atoms with Crippen molar-refractivity contribution in [1.82, 2.24) is 5.32 Å². The topological polar surface area (TPSA) is 161 Å². The fourth-order valence-electron chi connectivity index (χ4n) is 3.97. The molecule has 0 radical (unpaired) electrons. The first-order valence-electron chi connectivity index (χ1n) is 9.17. The van der Waals surface area contributed by atoms with Gasteiger partial charge in [0, 0.05) is 17.3 Å². The summed E-state index contributed by atoms with van der Waals surface area (Å²) in [6.45, 7) is 3.19. The van der Waals surface area contributed by atoms with Gasteiger partial charge in [0.2, 0.25) is 0 Å². The third-order valence-electron chi connectivity index (χ3n) is 5.10. The van der Waals surface area contributed by atoms with E-state index in [4.69, 9.17) is 0 Å². The largest absolute Gasteiger partial charge is 0.481 e. The van der Waals surface area contributed by atoms with E-state index >= 15 is 0 Å². The van der Waals surface area contributed by atoms with Gasteiger partial charge in [-0.25, -0.2) is 0 Å². The molecule has 30 heavy (non-hydrogen) atoms. The first-order valence-corrected chi connectivity index (χ1v) is 9.17. The van der Waals surface area contributed by atoms with Crippen LogP contribution in [0.4, 0.5) is 0 Å². The lowest BCUT2D eigenvalue weighted by Gasteiger charge is -2.37. The minimum Gasteiger partial charge on any atom is -0.481 e. The smallest absolute Gasteiger partial charge is 0.311 e. The van der Waals surface area contributed by atoms with Crippen LogP contribution in [0.25, 0.3) is 0 Å². The lowest BCUT2D eigenvalue weighted by Crippen LogP contribution is -2.36. The van der Waals surface area contributed by atoms with Gasteiger partial charge < -0.3 is 25.7 Å². The normalized spacial score (nSPS) is 18.4. The molecule has 0 amide bonds. The van der Waals surface area contributed by atoms with E-state index in [0.29, 0.717) is 17.0 Å². The second-order valence-electron chi connectivity index (χ2n) is 7.11. The highest BCUT2D eigenvalue weighted by molar-refractivity contribution is 5.84. The molecular weight excluding hydrogens is 394 g/mol. The molecule has 1 aromatic carbocycles. The maximum atomic E-state index is 12.0. The number of rotatable bonds is 9. The van der Waals surface area contributed by atoms with Gasteiger partial charge in [0.1, 0.15) is 0 Å². The Morgan fingerprint density at radius 3 is 1.53 bits per heavy atom. The molecule has 1 heterocycles. The van der Waals surface area contributed by atoms with Crippen molar-refractivity contribution >= 4 is 23.9 Å². The zero-order valence-corrected chi connectivity index (χ0v) is 16.5. The predicted molar refractivity (Wildman–Crippen MR) is 104 cm³/mol. The Kier molecular flexibility index (Phi) is 6.99. The zero-order valence-electron chi connectivity index (χ0n) is 16.5. The molecule has 5 N–H and O–H groups in total. The molecule has 0 saturated carbocycles. The van der Waals surface area contributed by atoms with Crippen LogP contribution in [-0.2, 0) is 19.2 Å². The van der Waals surface area contributed by atoms with Crippen molar-refractivity contribution in [2.45, 2.75) is 32.6 Å². The molecule has 1 aromatic rings. The molecule has 160 valence electrons. The summed E-state index contributed by atoms with van der Waals surface area (Å²) >= 11 is 0. The summed E-state index contributed by atoms with van der Waals surface area (Å²) in [5.74, 6) is -9.11. The monoisotopic (exact) mass is 417 g/mol. The minimum atomic E-state index is -1.43. The van der Waals surface area contributed by atoms with Gasteiger partial charge in [0.25, 0.3) is 0 Å². The first kappa shape index (κ1) is 22.7. The molecule has 0 aliphatic carbocycles. The summed E-state index contributed by atoms with van der Waals surface area (Å²) in [5.41, 5.74) is 1.76. The number of dihydropyridines is 1. The van der Waals surface area contributed by atoms with Crippen LogP contribution in [0.15, 0.2) is 52.9 Å². The van der Waals surface area contributed by atoms with Crippen LogP contribution in [0.3, 0.4) is 0 Å². The Balaban J connectivity index is 2.77. The van der Waals surface area contributed by atoms with Crippen molar-refractivity contribution in [3.8, 4) is 0 Å². The molecule has 2 atom stereocenters. The molecule has 0 fully saturated rings. The molecule has 0 saturated heterocycles. The summed E-state index contributed by atoms with van der Waals surface area (Å²) < 4.78 is 0. The number of hydrogen-bond acceptors (Lipinski definition) is 5. The fourth-order valence-corrected chi connectivity index (χ4v) is 3.97. The number of carboxylic acids is 4. The van der Waals surface area contributed by atoms with Crippen molar-refractivity contribution in [2.24, 2.45) is 11.8 Å². The average molecular weight is 417 g/mol. The van der Waals surface area contributed by atoms with Gasteiger partial charge in [-0.1, -0.05) is 30.3 Å². The SMILES string of the molecule is CC1=C(C(CC(=O)O)C(=O)O)C(c2ccccc2)C(C(CC(=O)O)C(=O)O)=C(C)N1. The number of aliphatic carboxylic acids is 4. The number of benzene rings is 1. The quantitative estimate of drug-likeness (QED) is 0.406. The average Bonchev–Trinajstić information content (AvgIpc) is 2.64.